The molecule has 0 N–H and O–H groups in total. The molecule has 7 heteroatoms. The number of rotatable bonds is 4. The molecule has 3 aromatic rings. The summed E-state index contributed by atoms with van der Waals surface area (Å²) in [7, 11) is 0. The number of benzene rings is 3. The van der Waals surface area contributed by atoms with E-state index in [1.807, 2.05) is 48.5 Å². The van der Waals surface area contributed by atoms with E-state index in [2.05, 4.69) is 18.2 Å². The first-order valence-corrected chi connectivity index (χ1v) is 11.6. The molecule has 1 aliphatic heterocycles. The Kier molecular flexibility index (Phi) is 5.99. The number of nitrogens with zero attached hydrogens (tertiary/aromatic N) is 3. The number of allylic oxidation sites excluding steroid dienone is 1. The molecule has 0 bridgehead atoms. The first-order valence-electron chi connectivity index (χ1n) is 11.2. The van der Waals surface area contributed by atoms with Crippen LogP contribution in [0.15, 0.2) is 89.5 Å². The maximum absolute atomic E-state index is 13.7. The monoisotopic (exact) mass is 471 g/mol. The maximum Gasteiger partial charge on any atom is 0.288 e. The van der Waals surface area contributed by atoms with Gasteiger partial charge in [0.25, 0.3) is 11.6 Å². The molecule has 2 unspecified atom stereocenters. The highest BCUT2D eigenvalue weighted by molar-refractivity contribution is 6.32. The number of hydrogen-bond acceptors (Lipinski definition) is 4. The summed E-state index contributed by atoms with van der Waals surface area (Å²) in [5.41, 5.74) is 4.02. The first kappa shape index (κ1) is 22.0. The lowest BCUT2D eigenvalue weighted by Gasteiger charge is -2.29. The van der Waals surface area contributed by atoms with Crippen LogP contribution in [-0.2, 0) is 0 Å². The number of hydrazone groups is 1. The molecule has 0 radical (unpaired) electrons. The van der Waals surface area contributed by atoms with Crippen LogP contribution in [0.5, 0.6) is 0 Å². The summed E-state index contributed by atoms with van der Waals surface area (Å²) in [5.74, 6) is -0.327. The minimum absolute atomic E-state index is 0.00403. The highest BCUT2D eigenvalue weighted by Gasteiger charge is 2.44. The highest BCUT2D eigenvalue weighted by Crippen LogP contribution is 2.45. The molecule has 1 fully saturated rings. The highest BCUT2D eigenvalue weighted by atomic mass is 35.5. The fourth-order valence-corrected chi connectivity index (χ4v) is 5.01. The van der Waals surface area contributed by atoms with Gasteiger partial charge in [-0.1, -0.05) is 72.3 Å². The van der Waals surface area contributed by atoms with E-state index in [-0.39, 0.29) is 34.1 Å². The van der Waals surface area contributed by atoms with Crippen LogP contribution in [-0.4, -0.2) is 21.6 Å². The summed E-state index contributed by atoms with van der Waals surface area (Å²) < 4.78 is 0. The quantitative estimate of drug-likeness (QED) is 0.314. The molecule has 3 aromatic carbocycles. The van der Waals surface area contributed by atoms with Crippen LogP contribution in [0.2, 0.25) is 5.02 Å². The molecule has 6 nitrogen and oxygen atoms in total. The summed E-state index contributed by atoms with van der Waals surface area (Å²) in [6, 6.07) is 23.8. The number of nitro benzene ring substituents is 1. The Labute approximate surface area is 202 Å². The normalized spacial score (nSPS) is 20.7. The fraction of sp³-hybridized carbons (Fsp3) is 0.185. The van der Waals surface area contributed by atoms with Crippen molar-refractivity contribution >= 4 is 35.0 Å². The molecule has 170 valence electrons. The van der Waals surface area contributed by atoms with E-state index in [1.54, 1.807) is 0 Å². The van der Waals surface area contributed by atoms with E-state index in [1.165, 1.54) is 23.2 Å². The molecule has 1 saturated carbocycles. The van der Waals surface area contributed by atoms with Gasteiger partial charge in [0.2, 0.25) is 0 Å². The summed E-state index contributed by atoms with van der Waals surface area (Å²) in [5, 5.41) is 17.7. The van der Waals surface area contributed by atoms with Gasteiger partial charge in [0, 0.05) is 17.5 Å². The fourth-order valence-electron chi connectivity index (χ4n) is 4.82. The van der Waals surface area contributed by atoms with E-state index in [0.717, 1.165) is 41.7 Å². The van der Waals surface area contributed by atoms with E-state index < -0.39 is 4.92 Å². The minimum atomic E-state index is -0.579. The zero-order chi connectivity index (χ0) is 23.7. The van der Waals surface area contributed by atoms with Crippen LogP contribution in [0.3, 0.4) is 0 Å². The van der Waals surface area contributed by atoms with Crippen LogP contribution in [0, 0.1) is 16.0 Å². The molecule has 2 aliphatic rings. The van der Waals surface area contributed by atoms with Gasteiger partial charge in [-0.25, -0.2) is 5.01 Å². The number of fused-ring (bicyclic) bond motifs is 1. The second-order valence-corrected chi connectivity index (χ2v) is 8.90. The van der Waals surface area contributed by atoms with Crippen molar-refractivity contribution in [1.82, 2.24) is 5.01 Å². The zero-order valence-corrected chi connectivity index (χ0v) is 19.1. The number of carbonyl (C=O) groups excluding carboxylic acids is 1. The van der Waals surface area contributed by atoms with Gasteiger partial charge in [-0.3, -0.25) is 14.9 Å². The molecule has 0 spiro atoms. The number of amides is 1. The Morgan fingerprint density at radius 3 is 2.47 bits per heavy atom. The van der Waals surface area contributed by atoms with Gasteiger partial charge < -0.3 is 0 Å². The Balaban J connectivity index is 1.59. The van der Waals surface area contributed by atoms with E-state index in [9.17, 15) is 14.9 Å². The summed E-state index contributed by atoms with van der Waals surface area (Å²) in [6.45, 7) is 0. The third-order valence-electron chi connectivity index (χ3n) is 6.38. The molecule has 2 atom stereocenters. The Morgan fingerprint density at radius 1 is 1.06 bits per heavy atom. The van der Waals surface area contributed by atoms with Gasteiger partial charge in [-0.05, 0) is 54.2 Å². The summed E-state index contributed by atoms with van der Waals surface area (Å²) in [6.07, 6.45) is 4.95. The average Bonchev–Trinajstić information content (AvgIpc) is 3.25. The summed E-state index contributed by atoms with van der Waals surface area (Å²) >= 11 is 5.97. The number of nitro groups is 1. The molecular weight excluding hydrogens is 450 g/mol. The van der Waals surface area contributed by atoms with Crippen molar-refractivity contribution in [2.45, 2.75) is 25.3 Å². The van der Waals surface area contributed by atoms with Crippen molar-refractivity contribution in [3.8, 4) is 0 Å². The van der Waals surface area contributed by atoms with Crippen molar-refractivity contribution in [1.29, 1.82) is 0 Å². The Hall–Kier alpha value is -3.77. The van der Waals surface area contributed by atoms with Gasteiger partial charge >= 0.3 is 0 Å². The van der Waals surface area contributed by atoms with Gasteiger partial charge in [-0.2, -0.15) is 5.10 Å². The molecule has 1 heterocycles. The second kappa shape index (κ2) is 9.23. The van der Waals surface area contributed by atoms with Gasteiger partial charge in [0.1, 0.15) is 5.02 Å². The van der Waals surface area contributed by atoms with Gasteiger partial charge in [0.05, 0.1) is 16.7 Å². The summed E-state index contributed by atoms with van der Waals surface area (Å²) in [4.78, 5) is 24.5. The molecule has 0 saturated heterocycles. The standard InChI is InChI=1S/C27H22ClN3O3/c28-23-15-14-21(17-24(23)31(33)34)27(32)30-26(19-10-5-2-6-11-19)22-13-7-12-20(25(22)29-30)16-18-8-3-1-4-9-18/h1-6,8-11,14-17,22,26H,7,12-13H2/b20-16+. The van der Waals surface area contributed by atoms with Crippen molar-refractivity contribution < 1.29 is 9.72 Å². The van der Waals surface area contributed by atoms with E-state index in [0.29, 0.717) is 0 Å². The van der Waals surface area contributed by atoms with Crippen molar-refractivity contribution in [3.63, 3.8) is 0 Å². The van der Waals surface area contributed by atoms with Crippen molar-refractivity contribution in [3.05, 3.63) is 116 Å². The van der Waals surface area contributed by atoms with Crippen molar-refractivity contribution in [2.24, 2.45) is 11.0 Å². The number of carbonyl (C=O) groups is 1. The number of hydrogen-bond donors (Lipinski definition) is 0. The third kappa shape index (κ3) is 4.13. The molecule has 5 rings (SSSR count). The average molecular weight is 472 g/mol. The zero-order valence-electron chi connectivity index (χ0n) is 18.3. The topological polar surface area (TPSA) is 75.8 Å². The minimum Gasteiger partial charge on any atom is -0.267 e. The smallest absolute Gasteiger partial charge is 0.267 e. The SMILES string of the molecule is O=C(c1ccc(Cl)c([N+](=O)[O-])c1)N1N=C2/C(=C/c3ccccc3)CCCC2C1c1ccccc1. The lowest BCUT2D eigenvalue weighted by molar-refractivity contribution is -0.384. The number of halogens is 1. The van der Waals surface area contributed by atoms with E-state index >= 15 is 0 Å². The predicted molar refractivity (Wildman–Crippen MR) is 133 cm³/mol. The van der Waals surface area contributed by atoms with Crippen LogP contribution in [0.4, 0.5) is 5.69 Å². The Bertz CT molecular complexity index is 1310. The lowest BCUT2D eigenvalue weighted by Crippen LogP contribution is -2.31. The molecule has 0 aromatic heterocycles. The molecule has 34 heavy (non-hydrogen) atoms. The largest absolute Gasteiger partial charge is 0.288 e. The van der Waals surface area contributed by atoms with Crippen LogP contribution >= 0.6 is 11.6 Å². The predicted octanol–water partition coefficient (Wildman–Crippen LogP) is 6.69. The molecular formula is C27H22ClN3O3. The second-order valence-electron chi connectivity index (χ2n) is 8.49. The Morgan fingerprint density at radius 2 is 1.76 bits per heavy atom. The molecule has 1 aliphatic carbocycles. The van der Waals surface area contributed by atoms with Crippen LogP contribution in [0.1, 0.15) is 46.8 Å². The third-order valence-corrected chi connectivity index (χ3v) is 6.70. The molecule has 1 amide bonds. The van der Waals surface area contributed by atoms with Gasteiger partial charge in [0.15, 0.2) is 0 Å². The van der Waals surface area contributed by atoms with Crippen molar-refractivity contribution in [2.75, 3.05) is 0 Å². The first-order chi connectivity index (χ1) is 16.5. The maximum atomic E-state index is 13.7. The van der Waals surface area contributed by atoms with E-state index in [4.69, 9.17) is 16.7 Å². The van der Waals surface area contributed by atoms with Crippen LogP contribution < -0.4 is 0 Å². The van der Waals surface area contributed by atoms with Gasteiger partial charge in [-0.15, -0.1) is 0 Å². The lowest BCUT2D eigenvalue weighted by atomic mass is 9.77. The van der Waals surface area contributed by atoms with Crippen LogP contribution in [0.25, 0.3) is 6.08 Å².